The Kier molecular flexibility index (Phi) is 10.7. The molecule has 3 atom stereocenters. The minimum Gasteiger partial charge on any atom is -0.497 e. The number of benzene rings is 2. The highest BCUT2D eigenvalue weighted by atomic mass is 32.2. The van der Waals surface area contributed by atoms with Gasteiger partial charge in [-0.05, 0) is 48.4 Å². The van der Waals surface area contributed by atoms with Crippen molar-refractivity contribution >= 4 is 27.0 Å². The quantitative estimate of drug-likeness (QED) is 0.236. The van der Waals surface area contributed by atoms with Gasteiger partial charge in [-0.25, -0.2) is 4.79 Å². The fraction of sp³-hybridized carbons (Fsp3) is 0.500. The number of nitrogens with one attached hydrogen (secondary N) is 1. The van der Waals surface area contributed by atoms with Crippen LogP contribution in [-0.4, -0.2) is 62.4 Å². The van der Waals surface area contributed by atoms with Crippen molar-refractivity contribution in [3.8, 4) is 5.75 Å². The Balaban J connectivity index is 2.20. The summed E-state index contributed by atoms with van der Waals surface area (Å²) in [5.74, 6) is 0.438. The highest BCUT2D eigenvalue weighted by molar-refractivity contribution is 7.73. The van der Waals surface area contributed by atoms with E-state index in [9.17, 15) is 23.1 Å². The summed E-state index contributed by atoms with van der Waals surface area (Å²) in [6.45, 7) is 5.76. The second-order valence-corrected chi connectivity index (χ2v) is 12.3. The maximum absolute atomic E-state index is 13.2. The molecule has 3 rings (SSSR count). The summed E-state index contributed by atoms with van der Waals surface area (Å²) >= 11 is 0. The van der Waals surface area contributed by atoms with Crippen molar-refractivity contribution in [3.05, 3.63) is 65.7 Å². The standard InChI is InChI=1S/C30H40N2O8S/c1-21(33)14-16-28(2,3)19-26(41(36)37)30(35,23-10-12-24(38-4)13-11-23)29(31,18-22-8-6-5-7-9-22)32-27(34)40-25-15-17-39-20-25/h5-13,25,35H,14-20,31H2,1-4H3,(H,32,34). The third-order valence-electron chi connectivity index (χ3n) is 7.36. The Morgan fingerprint density at radius 1 is 1.12 bits per heavy atom. The first-order valence-electron chi connectivity index (χ1n) is 13.5. The lowest BCUT2D eigenvalue weighted by molar-refractivity contribution is -0.117. The summed E-state index contributed by atoms with van der Waals surface area (Å²) in [6, 6.07) is 15.1. The SMILES string of the molecule is COc1ccc(C(O)(C(CC(C)(C)CCC(C)=O)=S(=O)=O)C(N)(Cc2ccccc2)NC(=O)OC2CCOC2)cc1. The maximum atomic E-state index is 13.2. The summed E-state index contributed by atoms with van der Waals surface area (Å²) in [4.78, 5) is 24.6. The summed E-state index contributed by atoms with van der Waals surface area (Å²) < 4.78 is 42.1. The second kappa shape index (κ2) is 13.6. The van der Waals surface area contributed by atoms with E-state index in [0.717, 1.165) is 0 Å². The minimum atomic E-state index is -2.96. The topological polar surface area (TPSA) is 154 Å². The fourth-order valence-electron chi connectivity index (χ4n) is 4.99. The largest absolute Gasteiger partial charge is 0.497 e. The van der Waals surface area contributed by atoms with Gasteiger partial charge in [0.25, 0.3) is 0 Å². The Morgan fingerprint density at radius 3 is 2.32 bits per heavy atom. The Bertz CT molecular complexity index is 1330. The summed E-state index contributed by atoms with van der Waals surface area (Å²) in [5, 5.41) is 15.4. The van der Waals surface area contributed by atoms with E-state index >= 15 is 0 Å². The lowest BCUT2D eigenvalue weighted by Gasteiger charge is -2.46. The Morgan fingerprint density at radius 2 is 1.78 bits per heavy atom. The number of rotatable bonds is 13. The monoisotopic (exact) mass is 588 g/mol. The molecule has 224 valence electrons. The molecule has 0 spiro atoms. The van der Waals surface area contributed by atoms with Crippen LogP contribution in [0.15, 0.2) is 54.6 Å². The molecule has 10 nitrogen and oxygen atoms in total. The Labute approximate surface area is 242 Å². The summed E-state index contributed by atoms with van der Waals surface area (Å²) in [5.41, 5.74) is 2.48. The first-order chi connectivity index (χ1) is 19.3. The molecular weight excluding hydrogens is 548 g/mol. The molecule has 2 aromatic rings. The van der Waals surface area contributed by atoms with Gasteiger partial charge in [0, 0.05) is 19.3 Å². The van der Waals surface area contributed by atoms with Crippen molar-refractivity contribution in [1.29, 1.82) is 0 Å². The van der Waals surface area contributed by atoms with E-state index < -0.39 is 39.2 Å². The van der Waals surface area contributed by atoms with Crippen molar-refractivity contribution in [2.45, 2.75) is 70.2 Å². The van der Waals surface area contributed by atoms with Gasteiger partial charge < -0.3 is 29.8 Å². The molecule has 1 saturated heterocycles. The predicted molar refractivity (Wildman–Crippen MR) is 155 cm³/mol. The molecule has 0 radical (unpaired) electrons. The fourth-order valence-corrected chi connectivity index (χ4v) is 6.04. The first kappa shape index (κ1) is 32.3. The van der Waals surface area contributed by atoms with E-state index in [0.29, 0.717) is 30.8 Å². The molecule has 1 aliphatic rings. The zero-order chi connectivity index (χ0) is 30.3. The molecule has 0 aliphatic carbocycles. The van der Waals surface area contributed by atoms with Crippen LogP contribution in [0.3, 0.4) is 0 Å². The second-order valence-electron chi connectivity index (χ2n) is 11.3. The highest BCUT2D eigenvalue weighted by Gasteiger charge is 2.55. The number of alkyl carbamates (subject to hydrolysis) is 1. The van der Waals surface area contributed by atoms with Gasteiger partial charge in [0.2, 0.25) is 10.3 Å². The van der Waals surface area contributed by atoms with Crippen LogP contribution in [-0.2, 0) is 36.6 Å². The number of hydrogen-bond donors (Lipinski definition) is 3. The number of Topliss-reactive ketones (excluding diaryl/α,β-unsaturated/α-hetero) is 1. The number of methoxy groups -OCH3 is 1. The molecule has 11 heteroatoms. The average molecular weight is 589 g/mol. The van der Waals surface area contributed by atoms with Gasteiger partial charge in [-0.3, -0.25) is 5.32 Å². The number of nitrogens with two attached hydrogens (primary N) is 1. The van der Waals surface area contributed by atoms with Crippen molar-refractivity contribution in [3.63, 3.8) is 0 Å². The smallest absolute Gasteiger partial charge is 0.409 e. The van der Waals surface area contributed by atoms with Crippen LogP contribution in [0.2, 0.25) is 0 Å². The molecule has 1 amide bonds. The van der Waals surface area contributed by atoms with Crippen LogP contribution >= 0.6 is 0 Å². The van der Waals surface area contributed by atoms with E-state index in [1.54, 1.807) is 42.5 Å². The van der Waals surface area contributed by atoms with Gasteiger partial charge in [0.1, 0.15) is 23.3 Å². The summed E-state index contributed by atoms with van der Waals surface area (Å²) in [6.07, 6.45) is -0.613. The van der Waals surface area contributed by atoms with E-state index in [1.165, 1.54) is 26.2 Å². The number of carbonyl (C=O) groups is 2. The number of hydrogen-bond acceptors (Lipinski definition) is 9. The van der Waals surface area contributed by atoms with Crippen LogP contribution in [0.5, 0.6) is 5.75 Å². The van der Waals surface area contributed by atoms with Crippen molar-refractivity contribution in [2.24, 2.45) is 11.1 Å². The molecule has 1 heterocycles. The highest BCUT2D eigenvalue weighted by Crippen LogP contribution is 2.40. The van der Waals surface area contributed by atoms with Crippen LogP contribution in [0.4, 0.5) is 4.79 Å². The molecule has 1 fully saturated rings. The summed E-state index contributed by atoms with van der Waals surface area (Å²) in [7, 11) is -1.47. The molecule has 0 saturated carbocycles. The molecule has 3 unspecified atom stereocenters. The van der Waals surface area contributed by atoms with Crippen LogP contribution in [0, 0.1) is 5.41 Å². The number of ether oxygens (including phenoxy) is 3. The van der Waals surface area contributed by atoms with E-state index in [1.807, 2.05) is 13.8 Å². The predicted octanol–water partition coefficient (Wildman–Crippen LogP) is 3.13. The lowest BCUT2D eigenvalue weighted by atomic mass is 9.71. The van der Waals surface area contributed by atoms with Crippen molar-refractivity contribution in [1.82, 2.24) is 5.32 Å². The third-order valence-corrected chi connectivity index (χ3v) is 8.21. The van der Waals surface area contributed by atoms with Crippen LogP contribution in [0.25, 0.3) is 0 Å². The molecule has 4 N–H and O–H groups in total. The number of carbonyl (C=O) groups excluding carboxylic acids is 2. The van der Waals surface area contributed by atoms with Gasteiger partial charge in [0.15, 0.2) is 5.60 Å². The van der Waals surface area contributed by atoms with Gasteiger partial charge in [-0.15, -0.1) is 0 Å². The minimum absolute atomic E-state index is 0.0363. The zero-order valence-electron chi connectivity index (χ0n) is 24.0. The zero-order valence-corrected chi connectivity index (χ0v) is 24.8. The van der Waals surface area contributed by atoms with E-state index in [4.69, 9.17) is 19.9 Å². The first-order valence-corrected chi connectivity index (χ1v) is 14.6. The number of ketones is 1. The van der Waals surface area contributed by atoms with Gasteiger partial charge in [-0.1, -0.05) is 56.3 Å². The molecular formula is C30H40N2O8S. The van der Waals surface area contributed by atoms with E-state index in [2.05, 4.69) is 5.32 Å². The molecule has 0 aromatic heterocycles. The molecule has 0 bridgehead atoms. The lowest BCUT2D eigenvalue weighted by Crippen LogP contribution is -2.73. The molecule has 41 heavy (non-hydrogen) atoms. The van der Waals surface area contributed by atoms with Crippen LogP contribution < -0.4 is 15.8 Å². The molecule has 1 aliphatic heterocycles. The Hall–Kier alpha value is -3.25. The van der Waals surface area contributed by atoms with Crippen molar-refractivity contribution < 1.29 is 37.3 Å². The normalized spacial score (nSPS) is 18.0. The van der Waals surface area contributed by atoms with Gasteiger partial charge in [0.05, 0.1) is 25.2 Å². The third kappa shape index (κ3) is 8.16. The number of amides is 1. The maximum Gasteiger partial charge on any atom is 0.409 e. The van der Waals surface area contributed by atoms with Gasteiger partial charge in [-0.2, -0.15) is 8.42 Å². The van der Waals surface area contributed by atoms with Gasteiger partial charge >= 0.3 is 6.09 Å². The molecule has 2 aromatic carbocycles. The van der Waals surface area contributed by atoms with E-state index in [-0.39, 0.29) is 42.1 Å². The van der Waals surface area contributed by atoms with Crippen LogP contribution in [0.1, 0.15) is 57.6 Å². The number of aliphatic hydroxyl groups is 1. The average Bonchev–Trinajstić information content (AvgIpc) is 3.43. The van der Waals surface area contributed by atoms with Crippen molar-refractivity contribution in [2.75, 3.05) is 20.3 Å².